The van der Waals surface area contributed by atoms with Crippen molar-refractivity contribution in [2.24, 2.45) is 0 Å². The van der Waals surface area contributed by atoms with Crippen molar-refractivity contribution in [1.29, 1.82) is 0 Å². The summed E-state index contributed by atoms with van der Waals surface area (Å²) in [5.41, 5.74) is 0. The zero-order valence-electron chi connectivity index (χ0n) is 40.9. The number of hydrogen-bond acceptors (Lipinski definition) is 11. The molecular weight excluding hydrogens is 836 g/mol. The molecule has 0 bridgehead atoms. The first-order valence-electron chi connectivity index (χ1n) is 26.5. The Hall–Kier alpha value is -0.920. The Morgan fingerprint density at radius 1 is 0.484 bits per heavy atom. The van der Waals surface area contributed by atoms with Gasteiger partial charge in [-0.2, -0.15) is 0 Å². The molecule has 1 fully saturated rings. The van der Waals surface area contributed by atoms with Crippen LogP contribution in [-0.2, 0) is 27.9 Å². The summed E-state index contributed by atoms with van der Waals surface area (Å²) >= 11 is 0. The highest BCUT2D eigenvalue weighted by Crippen LogP contribution is 2.47. The number of unbranched alkanes of at least 4 members (excludes halogenated alkanes) is 32. The van der Waals surface area contributed by atoms with Gasteiger partial charge in [-0.3, -0.25) is 13.8 Å². The lowest BCUT2D eigenvalue weighted by Crippen LogP contribution is -2.64. The van der Waals surface area contributed by atoms with E-state index in [9.17, 15) is 39.8 Å². The molecule has 1 saturated carbocycles. The minimum absolute atomic E-state index is 0.0728. The molecule has 1 aliphatic carbocycles. The van der Waals surface area contributed by atoms with Crippen molar-refractivity contribution in [3.05, 3.63) is 12.2 Å². The number of phosphoric acid groups is 1. The van der Waals surface area contributed by atoms with Gasteiger partial charge in [0.1, 0.15) is 42.7 Å². The fourth-order valence-corrected chi connectivity index (χ4v) is 9.38. The molecule has 6 N–H and O–H groups in total. The number of hydrogen-bond donors (Lipinski definition) is 6. The van der Waals surface area contributed by atoms with E-state index in [0.29, 0.717) is 13.0 Å². The van der Waals surface area contributed by atoms with Gasteiger partial charge in [0.25, 0.3) is 0 Å². The van der Waals surface area contributed by atoms with Gasteiger partial charge >= 0.3 is 13.8 Å². The summed E-state index contributed by atoms with van der Waals surface area (Å²) in [4.78, 5) is 23.3. The van der Waals surface area contributed by atoms with Gasteiger partial charge in [0.2, 0.25) is 0 Å². The van der Waals surface area contributed by atoms with E-state index >= 15 is 0 Å². The molecule has 0 spiro atoms. The largest absolute Gasteiger partial charge is 0.472 e. The molecule has 0 aromatic rings. The van der Waals surface area contributed by atoms with E-state index in [1.807, 2.05) is 0 Å². The normalized spacial score (nSPS) is 21.7. The average Bonchev–Trinajstić information content (AvgIpc) is 3.28. The van der Waals surface area contributed by atoms with Crippen LogP contribution in [0.5, 0.6) is 0 Å². The van der Waals surface area contributed by atoms with Crippen molar-refractivity contribution >= 4 is 13.8 Å². The van der Waals surface area contributed by atoms with Gasteiger partial charge in [0, 0.05) is 13.0 Å². The van der Waals surface area contributed by atoms with Crippen molar-refractivity contribution in [3.63, 3.8) is 0 Å². The van der Waals surface area contributed by atoms with Crippen LogP contribution in [0.4, 0.5) is 0 Å². The lowest BCUT2D eigenvalue weighted by molar-refractivity contribution is -0.220. The molecule has 1 aliphatic rings. The second-order valence-electron chi connectivity index (χ2n) is 18.7. The quantitative estimate of drug-likeness (QED) is 0.0147. The van der Waals surface area contributed by atoms with E-state index in [4.69, 9.17) is 18.5 Å². The Balaban J connectivity index is 2.32. The zero-order valence-corrected chi connectivity index (χ0v) is 41.7. The Labute approximate surface area is 390 Å². The highest BCUT2D eigenvalue weighted by Gasteiger charge is 2.51. The van der Waals surface area contributed by atoms with Crippen molar-refractivity contribution in [2.45, 2.75) is 288 Å². The first kappa shape index (κ1) is 61.1. The van der Waals surface area contributed by atoms with Crippen molar-refractivity contribution < 1.29 is 58.3 Å². The fraction of sp³-hybridized carbons (Fsp3) is 0.941. The van der Waals surface area contributed by atoms with Crippen molar-refractivity contribution in [1.82, 2.24) is 0 Å². The first-order chi connectivity index (χ1) is 31.0. The number of phosphoric ester groups is 1. The van der Waals surface area contributed by atoms with Crippen LogP contribution in [0.2, 0.25) is 0 Å². The minimum Gasteiger partial charge on any atom is -0.457 e. The van der Waals surface area contributed by atoms with Gasteiger partial charge in [0.05, 0.1) is 13.2 Å². The molecule has 0 heterocycles. The zero-order chi connectivity index (χ0) is 46.9. The summed E-state index contributed by atoms with van der Waals surface area (Å²) in [6, 6.07) is 0. The SMILES string of the molecule is CCCCCCCC/C=C\CCCCCCCCCCOCC(COP(=O)(O)OC1C(O)C(O)C(O)C(O)C1O)OC(=O)CCCCCCCCCCCCCCCCCCCCC. The summed E-state index contributed by atoms with van der Waals surface area (Å²) in [7, 11) is -5.02. The Morgan fingerprint density at radius 3 is 1.23 bits per heavy atom. The molecule has 1 rings (SSSR count). The number of ether oxygens (including phenoxy) is 2. The molecule has 0 aliphatic heterocycles. The van der Waals surface area contributed by atoms with Gasteiger partial charge < -0.3 is 39.9 Å². The maximum absolute atomic E-state index is 12.9. The second kappa shape index (κ2) is 42.2. The highest BCUT2D eigenvalue weighted by molar-refractivity contribution is 7.47. The highest BCUT2D eigenvalue weighted by atomic mass is 31.2. The molecule has 0 radical (unpaired) electrons. The van der Waals surface area contributed by atoms with Crippen LogP contribution in [0, 0.1) is 0 Å². The van der Waals surface area contributed by atoms with E-state index in [2.05, 4.69) is 26.0 Å². The Bertz CT molecular complexity index is 1110. The summed E-state index contributed by atoms with van der Waals surface area (Å²) in [6.07, 6.45) is 35.6. The van der Waals surface area contributed by atoms with E-state index in [1.54, 1.807) is 0 Å². The third kappa shape index (κ3) is 33.5. The molecule has 64 heavy (non-hydrogen) atoms. The topological polar surface area (TPSA) is 192 Å². The van der Waals surface area contributed by atoms with Crippen LogP contribution < -0.4 is 0 Å². The third-order valence-corrected chi connectivity index (χ3v) is 13.6. The predicted molar refractivity (Wildman–Crippen MR) is 258 cm³/mol. The number of carbonyl (C=O) groups excluding carboxylic acids is 1. The lowest BCUT2D eigenvalue weighted by atomic mass is 9.85. The van der Waals surface area contributed by atoms with Crippen molar-refractivity contribution in [2.75, 3.05) is 19.8 Å². The molecule has 0 aromatic heterocycles. The number of carbonyl (C=O) groups is 1. The van der Waals surface area contributed by atoms with Crippen LogP contribution in [0.3, 0.4) is 0 Å². The molecule has 12 nitrogen and oxygen atoms in total. The number of aliphatic hydroxyl groups excluding tert-OH is 5. The third-order valence-electron chi connectivity index (χ3n) is 12.6. The molecule has 6 unspecified atom stereocenters. The van der Waals surface area contributed by atoms with Crippen LogP contribution >= 0.6 is 7.82 Å². The molecule has 0 aromatic carbocycles. The van der Waals surface area contributed by atoms with E-state index in [1.165, 1.54) is 180 Å². The van der Waals surface area contributed by atoms with Gasteiger partial charge in [-0.25, -0.2) is 4.57 Å². The Kier molecular flexibility index (Phi) is 40.3. The molecular formula is C51H99O12P. The number of allylic oxidation sites excluding steroid dienone is 2. The van der Waals surface area contributed by atoms with E-state index in [0.717, 1.165) is 38.5 Å². The standard InChI is InChI=1S/C51H99O12P/c1-3-5-7-9-11-13-15-17-19-21-23-24-26-28-30-32-34-36-38-40-45(52)62-44(43-61-64(58,59)63-51-49(56)47(54)46(53)48(55)50(51)57)42-60-41-39-37-35-33-31-29-27-25-22-20-18-16-14-12-10-8-6-4-2/h18,20,44,46-51,53-57H,3-17,19,21-43H2,1-2H3,(H,58,59)/b20-18-. The fourth-order valence-electron chi connectivity index (χ4n) is 8.41. The maximum Gasteiger partial charge on any atom is 0.472 e. The smallest absolute Gasteiger partial charge is 0.457 e. The van der Waals surface area contributed by atoms with Gasteiger partial charge in [-0.1, -0.05) is 212 Å². The monoisotopic (exact) mass is 935 g/mol. The van der Waals surface area contributed by atoms with Crippen molar-refractivity contribution in [3.8, 4) is 0 Å². The molecule has 0 saturated heterocycles. The van der Waals surface area contributed by atoms with Crippen LogP contribution in [0.1, 0.15) is 245 Å². The molecule has 0 amide bonds. The van der Waals surface area contributed by atoms with Crippen LogP contribution in [0.25, 0.3) is 0 Å². The predicted octanol–water partition coefficient (Wildman–Crippen LogP) is 11.9. The van der Waals surface area contributed by atoms with E-state index < -0.39 is 63.1 Å². The average molecular weight is 935 g/mol. The lowest BCUT2D eigenvalue weighted by Gasteiger charge is -2.41. The molecule has 380 valence electrons. The molecule has 6 atom stereocenters. The summed E-state index contributed by atoms with van der Waals surface area (Å²) in [5, 5.41) is 50.3. The molecule has 13 heteroatoms. The van der Waals surface area contributed by atoms with Crippen LogP contribution in [0.15, 0.2) is 12.2 Å². The summed E-state index contributed by atoms with van der Waals surface area (Å²) in [6.45, 7) is 4.30. The summed E-state index contributed by atoms with van der Waals surface area (Å²) in [5.74, 6) is -0.472. The second-order valence-corrected chi connectivity index (χ2v) is 20.1. The van der Waals surface area contributed by atoms with Gasteiger partial charge in [-0.15, -0.1) is 0 Å². The van der Waals surface area contributed by atoms with Gasteiger partial charge in [0.15, 0.2) is 0 Å². The van der Waals surface area contributed by atoms with Gasteiger partial charge in [-0.05, 0) is 38.5 Å². The van der Waals surface area contributed by atoms with Crippen LogP contribution in [-0.4, -0.2) is 98.9 Å². The number of esters is 1. The number of aliphatic hydroxyl groups is 5. The number of rotatable bonds is 46. The summed E-state index contributed by atoms with van der Waals surface area (Å²) < 4.78 is 34.3. The maximum atomic E-state index is 12.9. The Morgan fingerprint density at radius 2 is 0.828 bits per heavy atom. The van der Waals surface area contributed by atoms with E-state index in [-0.39, 0.29) is 13.0 Å². The minimum atomic E-state index is -5.02. The first-order valence-corrected chi connectivity index (χ1v) is 28.0.